The van der Waals surface area contributed by atoms with Crippen molar-refractivity contribution in [2.75, 3.05) is 7.05 Å². The lowest BCUT2D eigenvalue weighted by molar-refractivity contribution is 0.431. The van der Waals surface area contributed by atoms with E-state index in [1.165, 1.54) is 0 Å². The minimum atomic E-state index is 0.252. The molecule has 0 saturated heterocycles. The van der Waals surface area contributed by atoms with Gasteiger partial charge in [0.1, 0.15) is 11.5 Å². The number of rotatable bonds is 4. The molecule has 5 heteroatoms. The third-order valence-electron chi connectivity index (χ3n) is 2.98. The lowest BCUT2D eigenvalue weighted by atomic mass is 10.1. The number of halogens is 3. The fraction of sp³-hybridized carbons (Fsp3) is 0.286. The molecule has 0 bridgehead atoms. The van der Waals surface area contributed by atoms with E-state index >= 15 is 0 Å². The maximum atomic E-state index is 5.98. The Morgan fingerprint density at radius 2 is 1.79 bits per heavy atom. The van der Waals surface area contributed by atoms with Crippen molar-refractivity contribution in [2.24, 2.45) is 0 Å². The maximum absolute atomic E-state index is 5.98. The Balaban J connectivity index is 2.43. The average Bonchev–Trinajstić information content (AvgIpc) is 2.78. The van der Waals surface area contributed by atoms with E-state index in [0.717, 1.165) is 36.9 Å². The molecule has 1 aromatic carbocycles. The predicted octanol–water partition coefficient (Wildman–Crippen LogP) is 5.90. The Hall–Kier alpha value is -0.100. The molecule has 0 aliphatic rings. The van der Waals surface area contributed by atoms with Crippen molar-refractivity contribution in [1.29, 1.82) is 0 Å². The van der Waals surface area contributed by atoms with Gasteiger partial charge in [-0.25, -0.2) is 0 Å². The molecule has 1 unspecified atom stereocenters. The molecule has 0 radical (unpaired) electrons. The molecule has 1 N–H and O–H groups in total. The summed E-state index contributed by atoms with van der Waals surface area (Å²) in [6.45, 7) is 2.13. The van der Waals surface area contributed by atoms with E-state index in [-0.39, 0.29) is 6.04 Å². The van der Waals surface area contributed by atoms with Crippen molar-refractivity contribution < 1.29 is 4.42 Å². The minimum absolute atomic E-state index is 0.252. The van der Waals surface area contributed by atoms with E-state index in [9.17, 15) is 0 Å². The summed E-state index contributed by atoms with van der Waals surface area (Å²) in [5.41, 5.74) is 1.03. The summed E-state index contributed by atoms with van der Waals surface area (Å²) in [6.07, 6.45) is 0.992. The van der Waals surface area contributed by atoms with Crippen LogP contribution in [0.25, 0.3) is 11.3 Å². The van der Waals surface area contributed by atoms with Crippen LogP contribution < -0.4 is 5.32 Å². The van der Waals surface area contributed by atoms with Crippen LogP contribution in [0.4, 0.5) is 0 Å². The molecule has 1 aromatic heterocycles. The first-order valence-corrected chi connectivity index (χ1v) is 8.36. The lowest BCUT2D eigenvalue weighted by Gasteiger charge is -2.10. The smallest absolute Gasteiger partial charge is 0.136 e. The lowest BCUT2D eigenvalue weighted by Crippen LogP contribution is -2.14. The Morgan fingerprint density at radius 3 is 2.32 bits per heavy atom. The largest absolute Gasteiger partial charge is 0.459 e. The van der Waals surface area contributed by atoms with Crippen molar-refractivity contribution in [1.82, 2.24) is 5.32 Å². The molecule has 0 spiro atoms. The highest BCUT2D eigenvalue weighted by Gasteiger charge is 2.16. The van der Waals surface area contributed by atoms with Crippen LogP contribution >= 0.6 is 47.8 Å². The third kappa shape index (κ3) is 3.32. The van der Waals surface area contributed by atoms with E-state index in [1.54, 1.807) is 0 Å². The minimum Gasteiger partial charge on any atom is -0.459 e. The molecule has 0 amide bonds. The molecule has 0 aliphatic heterocycles. The predicted molar refractivity (Wildman–Crippen MR) is 89.3 cm³/mol. The van der Waals surface area contributed by atoms with Crippen LogP contribution in [0.15, 0.2) is 42.1 Å². The van der Waals surface area contributed by atoms with Gasteiger partial charge < -0.3 is 9.73 Å². The van der Waals surface area contributed by atoms with E-state index in [4.69, 9.17) is 4.42 Å². The summed E-state index contributed by atoms with van der Waals surface area (Å²) in [6, 6.07) is 8.31. The van der Waals surface area contributed by atoms with Gasteiger partial charge in [0.25, 0.3) is 0 Å². The molecule has 0 fully saturated rings. The molecule has 0 aliphatic carbocycles. The van der Waals surface area contributed by atoms with E-state index < -0.39 is 0 Å². The molecule has 1 atom stereocenters. The molecule has 0 saturated carbocycles. The monoisotopic (exact) mass is 449 g/mol. The van der Waals surface area contributed by atoms with Gasteiger partial charge in [0.2, 0.25) is 0 Å². The number of hydrogen-bond donors (Lipinski definition) is 1. The van der Waals surface area contributed by atoms with Crippen molar-refractivity contribution in [3.8, 4) is 11.3 Å². The number of hydrogen-bond acceptors (Lipinski definition) is 2. The second-order valence-corrected chi connectivity index (χ2v) is 6.82. The highest BCUT2D eigenvalue weighted by Crippen LogP contribution is 2.39. The Kier molecular flexibility index (Phi) is 5.29. The van der Waals surface area contributed by atoms with Gasteiger partial charge in [-0.05, 0) is 69.6 Å². The molecule has 2 nitrogen and oxygen atoms in total. The van der Waals surface area contributed by atoms with Gasteiger partial charge in [-0.3, -0.25) is 0 Å². The van der Waals surface area contributed by atoms with Crippen LogP contribution in [-0.4, -0.2) is 7.05 Å². The van der Waals surface area contributed by atoms with Crippen LogP contribution in [-0.2, 0) is 0 Å². The third-order valence-corrected chi connectivity index (χ3v) is 4.69. The molecule has 1 heterocycles. The van der Waals surface area contributed by atoms with Gasteiger partial charge in [0.05, 0.1) is 6.04 Å². The summed E-state index contributed by atoms with van der Waals surface area (Å²) >= 11 is 10.6. The van der Waals surface area contributed by atoms with Crippen LogP contribution in [0.2, 0.25) is 0 Å². The Bertz CT molecular complexity index is 553. The summed E-state index contributed by atoms with van der Waals surface area (Å²) in [4.78, 5) is 0. The normalized spacial score (nSPS) is 12.7. The molecule has 2 rings (SSSR count). The van der Waals surface area contributed by atoms with Gasteiger partial charge in [-0.2, -0.15) is 0 Å². The number of nitrogens with one attached hydrogen (secondary N) is 1. The van der Waals surface area contributed by atoms with Crippen LogP contribution in [0.5, 0.6) is 0 Å². The first-order chi connectivity index (χ1) is 9.06. The standard InChI is InChI=1S/C14H14Br3NO/c1-3-11(18-2)12-4-5-13(19-12)14-9(16)6-8(15)7-10(14)17/h4-7,11,18H,3H2,1-2H3. The number of benzene rings is 1. The summed E-state index contributed by atoms with van der Waals surface area (Å²) in [7, 11) is 1.95. The second kappa shape index (κ2) is 6.57. The second-order valence-electron chi connectivity index (χ2n) is 4.20. The van der Waals surface area contributed by atoms with Crippen LogP contribution in [0.3, 0.4) is 0 Å². The molecule has 2 aromatic rings. The maximum Gasteiger partial charge on any atom is 0.136 e. The van der Waals surface area contributed by atoms with Crippen molar-refractivity contribution in [3.63, 3.8) is 0 Å². The summed E-state index contributed by atoms with van der Waals surface area (Å²) in [5.74, 6) is 1.82. The van der Waals surface area contributed by atoms with Crippen molar-refractivity contribution >= 4 is 47.8 Å². The van der Waals surface area contributed by atoms with E-state index in [2.05, 4.69) is 60.0 Å². The van der Waals surface area contributed by atoms with Crippen molar-refractivity contribution in [2.45, 2.75) is 19.4 Å². The van der Waals surface area contributed by atoms with Gasteiger partial charge in [-0.15, -0.1) is 0 Å². The topological polar surface area (TPSA) is 25.2 Å². The van der Waals surface area contributed by atoms with Crippen LogP contribution in [0, 0.1) is 0 Å². The van der Waals surface area contributed by atoms with Gasteiger partial charge >= 0.3 is 0 Å². The summed E-state index contributed by atoms with van der Waals surface area (Å²) < 4.78 is 8.98. The van der Waals surface area contributed by atoms with E-state index in [1.807, 2.05) is 31.3 Å². The fourth-order valence-electron chi connectivity index (χ4n) is 2.00. The zero-order chi connectivity index (χ0) is 14.0. The zero-order valence-electron chi connectivity index (χ0n) is 10.6. The SMILES string of the molecule is CCC(NC)c1ccc(-c2c(Br)cc(Br)cc2Br)o1. The highest BCUT2D eigenvalue weighted by molar-refractivity contribution is 9.11. The van der Waals surface area contributed by atoms with Crippen LogP contribution in [0.1, 0.15) is 25.1 Å². The Labute approximate surface area is 138 Å². The van der Waals surface area contributed by atoms with Gasteiger partial charge in [0, 0.05) is 19.0 Å². The van der Waals surface area contributed by atoms with E-state index in [0.29, 0.717) is 0 Å². The van der Waals surface area contributed by atoms with Gasteiger partial charge in [0.15, 0.2) is 0 Å². The van der Waals surface area contributed by atoms with Crippen molar-refractivity contribution in [3.05, 3.63) is 43.4 Å². The quantitative estimate of drug-likeness (QED) is 0.625. The molecule has 102 valence electrons. The zero-order valence-corrected chi connectivity index (χ0v) is 15.4. The number of furan rings is 1. The molecular formula is C14H14Br3NO. The Morgan fingerprint density at radius 1 is 1.16 bits per heavy atom. The fourth-order valence-corrected chi connectivity index (χ4v) is 4.65. The molecule has 19 heavy (non-hydrogen) atoms. The average molecular weight is 452 g/mol. The summed E-state index contributed by atoms with van der Waals surface area (Å²) in [5, 5.41) is 3.25. The molecular weight excluding hydrogens is 438 g/mol. The van der Waals surface area contributed by atoms with Gasteiger partial charge in [-0.1, -0.05) is 22.9 Å². The first kappa shape index (κ1) is 15.3. The highest BCUT2D eigenvalue weighted by atomic mass is 79.9. The first-order valence-electron chi connectivity index (χ1n) is 5.98.